The zero-order valence-electron chi connectivity index (χ0n) is 30.5. The zero-order valence-corrected chi connectivity index (χ0v) is 30.5. The van der Waals surface area contributed by atoms with Gasteiger partial charge in [-0.1, -0.05) is 188 Å². The van der Waals surface area contributed by atoms with E-state index in [0.717, 1.165) is 44.3 Å². The summed E-state index contributed by atoms with van der Waals surface area (Å²) in [4.78, 5) is 15.4. The third-order valence-electron chi connectivity index (χ3n) is 10.5. The number of hydrogen-bond donors (Lipinski definition) is 0. The maximum absolute atomic E-state index is 5.14. The van der Waals surface area contributed by atoms with Crippen LogP contribution in [0.2, 0.25) is 0 Å². The Balaban J connectivity index is 1.09. The maximum Gasteiger partial charge on any atom is 0.164 e. The van der Waals surface area contributed by atoms with Gasteiger partial charge in [0.1, 0.15) is 0 Å². The van der Waals surface area contributed by atoms with Gasteiger partial charge < -0.3 is 0 Å². The van der Waals surface area contributed by atoms with Crippen LogP contribution in [-0.4, -0.2) is 15.0 Å². The van der Waals surface area contributed by atoms with Crippen LogP contribution in [0.4, 0.5) is 0 Å². The molecular weight excluding hydrogens is 679 g/mol. The van der Waals surface area contributed by atoms with Crippen molar-refractivity contribution in [1.82, 2.24) is 15.0 Å². The van der Waals surface area contributed by atoms with Gasteiger partial charge in [-0.05, 0) is 90.3 Å². The molecule has 1 heterocycles. The standard InChI is InChI=1S/C53H35N3/c1-3-12-36(13-4-1)39-22-26-41(27-23-39)51-54-52(56-53(55-51)48-29-25-38-15-8-10-19-43(38)33-48)47-21-11-20-46(34-47)49-31-30-45(35-50(49)40-16-5-2-6-17-40)44-28-24-37-14-7-9-18-42(37)32-44/h1-35H. The lowest BCUT2D eigenvalue weighted by Crippen LogP contribution is -2.00. The second kappa shape index (κ2) is 14.4. The third-order valence-corrected chi connectivity index (χ3v) is 10.5. The molecule has 3 nitrogen and oxygen atoms in total. The Hall–Kier alpha value is -7.49. The van der Waals surface area contributed by atoms with Gasteiger partial charge in [0, 0.05) is 16.7 Å². The Bertz CT molecular complexity index is 3010. The molecule has 1 aromatic heterocycles. The second-order valence-electron chi connectivity index (χ2n) is 14.1. The van der Waals surface area contributed by atoms with E-state index in [4.69, 9.17) is 15.0 Å². The van der Waals surface area contributed by atoms with E-state index in [9.17, 15) is 0 Å². The molecule has 0 radical (unpaired) electrons. The first-order valence-corrected chi connectivity index (χ1v) is 18.9. The maximum atomic E-state index is 5.14. The molecule has 0 amide bonds. The van der Waals surface area contributed by atoms with E-state index in [0.29, 0.717) is 17.5 Å². The summed E-state index contributed by atoms with van der Waals surface area (Å²) in [5.41, 5.74) is 12.0. The van der Waals surface area contributed by atoms with Crippen molar-refractivity contribution in [2.75, 3.05) is 0 Å². The van der Waals surface area contributed by atoms with Crippen LogP contribution in [0.3, 0.4) is 0 Å². The van der Waals surface area contributed by atoms with E-state index in [1.807, 2.05) is 6.07 Å². The molecule has 0 aliphatic heterocycles. The first-order valence-electron chi connectivity index (χ1n) is 18.9. The van der Waals surface area contributed by atoms with Crippen molar-refractivity contribution in [2.45, 2.75) is 0 Å². The molecule has 10 rings (SSSR count). The molecule has 3 heteroatoms. The van der Waals surface area contributed by atoms with Crippen molar-refractivity contribution in [2.24, 2.45) is 0 Å². The molecule has 10 aromatic rings. The van der Waals surface area contributed by atoms with Crippen molar-refractivity contribution in [1.29, 1.82) is 0 Å². The minimum absolute atomic E-state index is 0.626. The van der Waals surface area contributed by atoms with Gasteiger partial charge in [0.25, 0.3) is 0 Å². The molecule has 0 spiro atoms. The molecule has 0 N–H and O–H groups in total. The Kier molecular flexibility index (Phi) is 8.51. The first-order chi connectivity index (χ1) is 27.7. The van der Waals surface area contributed by atoms with E-state index in [-0.39, 0.29) is 0 Å². The molecule has 0 bridgehead atoms. The molecule has 0 unspecified atom stereocenters. The first kappa shape index (κ1) is 33.1. The van der Waals surface area contributed by atoms with E-state index in [1.165, 1.54) is 38.4 Å². The number of nitrogens with zero attached hydrogens (tertiary/aromatic N) is 3. The molecule has 0 saturated carbocycles. The molecule has 0 aliphatic rings. The Labute approximate surface area is 326 Å². The van der Waals surface area contributed by atoms with Gasteiger partial charge in [0.2, 0.25) is 0 Å². The molecule has 9 aromatic carbocycles. The lowest BCUT2D eigenvalue weighted by atomic mass is 9.90. The fourth-order valence-corrected chi connectivity index (χ4v) is 7.56. The van der Waals surface area contributed by atoms with E-state index < -0.39 is 0 Å². The van der Waals surface area contributed by atoms with Gasteiger partial charge in [-0.15, -0.1) is 0 Å². The SMILES string of the molecule is c1ccc(-c2ccc(-c3nc(-c4cccc(-c5ccc(-c6ccc7ccccc7c6)cc5-c5ccccc5)c4)nc(-c4ccc5ccccc5c4)n3)cc2)cc1. The highest BCUT2D eigenvalue weighted by Crippen LogP contribution is 2.38. The molecule has 262 valence electrons. The predicted octanol–water partition coefficient (Wildman–Crippen LogP) is 13.8. The molecule has 0 fully saturated rings. The van der Waals surface area contributed by atoms with Crippen molar-refractivity contribution in [3.63, 3.8) is 0 Å². The Morgan fingerprint density at radius 3 is 1.27 bits per heavy atom. The van der Waals surface area contributed by atoms with Crippen molar-refractivity contribution >= 4 is 21.5 Å². The Morgan fingerprint density at radius 1 is 0.196 bits per heavy atom. The number of hydrogen-bond acceptors (Lipinski definition) is 3. The largest absolute Gasteiger partial charge is 0.208 e. The van der Waals surface area contributed by atoms with Crippen LogP contribution >= 0.6 is 0 Å². The average Bonchev–Trinajstić information content (AvgIpc) is 3.29. The van der Waals surface area contributed by atoms with Crippen molar-refractivity contribution < 1.29 is 0 Å². The normalized spacial score (nSPS) is 11.2. The van der Waals surface area contributed by atoms with Crippen LogP contribution in [0, 0.1) is 0 Å². The van der Waals surface area contributed by atoms with Crippen LogP contribution < -0.4 is 0 Å². The number of aromatic nitrogens is 3. The molecule has 0 saturated heterocycles. The predicted molar refractivity (Wildman–Crippen MR) is 233 cm³/mol. The number of benzene rings is 9. The fraction of sp³-hybridized carbons (Fsp3) is 0. The van der Waals surface area contributed by atoms with Gasteiger partial charge in [-0.2, -0.15) is 0 Å². The summed E-state index contributed by atoms with van der Waals surface area (Å²) in [6.45, 7) is 0. The monoisotopic (exact) mass is 713 g/mol. The van der Waals surface area contributed by atoms with E-state index in [2.05, 4.69) is 206 Å². The summed E-state index contributed by atoms with van der Waals surface area (Å²) in [6.07, 6.45) is 0. The quantitative estimate of drug-likeness (QED) is 0.165. The number of fused-ring (bicyclic) bond motifs is 2. The topological polar surface area (TPSA) is 38.7 Å². The number of rotatable bonds is 7. The van der Waals surface area contributed by atoms with Crippen molar-refractivity contribution in [3.8, 4) is 78.7 Å². The highest BCUT2D eigenvalue weighted by atomic mass is 15.0. The smallest absolute Gasteiger partial charge is 0.164 e. The summed E-state index contributed by atoms with van der Waals surface area (Å²) < 4.78 is 0. The summed E-state index contributed by atoms with van der Waals surface area (Å²) >= 11 is 0. The minimum Gasteiger partial charge on any atom is -0.208 e. The summed E-state index contributed by atoms with van der Waals surface area (Å²) in [5.74, 6) is 1.90. The molecule has 0 aliphatic carbocycles. The van der Waals surface area contributed by atoms with Crippen LogP contribution in [0.25, 0.3) is 100 Å². The summed E-state index contributed by atoms with van der Waals surface area (Å²) in [7, 11) is 0. The van der Waals surface area contributed by atoms with Gasteiger partial charge in [-0.25, -0.2) is 15.0 Å². The average molecular weight is 714 g/mol. The van der Waals surface area contributed by atoms with E-state index in [1.54, 1.807) is 0 Å². The van der Waals surface area contributed by atoms with Gasteiger partial charge in [0.05, 0.1) is 0 Å². The van der Waals surface area contributed by atoms with Crippen LogP contribution in [-0.2, 0) is 0 Å². The fourth-order valence-electron chi connectivity index (χ4n) is 7.56. The van der Waals surface area contributed by atoms with Crippen LogP contribution in [0.15, 0.2) is 212 Å². The lowest BCUT2D eigenvalue weighted by molar-refractivity contribution is 1.07. The van der Waals surface area contributed by atoms with Gasteiger partial charge in [0.15, 0.2) is 17.5 Å². The Morgan fingerprint density at radius 2 is 0.607 bits per heavy atom. The van der Waals surface area contributed by atoms with Crippen LogP contribution in [0.5, 0.6) is 0 Å². The molecule has 0 atom stereocenters. The highest BCUT2D eigenvalue weighted by molar-refractivity contribution is 5.92. The van der Waals surface area contributed by atoms with Crippen molar-refractivity contribution in [3.05, 3.63) is 212 Å². The van der Waals surface area contributed by atoms with E-state index >= 15 is 0 Å². The molecule has 56 heavy (non-hydrogen) atoms. The summed E-state index contributed by atoms with van der Waals surface area (Å²) in [5, 5.41) is 4.79. The second-order valence-corrected chi connectivity index (χ2v) is 14.1. The zero-order chi connectivity index (χ0) is 37.3. The van der Waals surface area contributed by atoms with Crippen LogP contribution in [0.1, 0.15) is 0 Å². The minimum atomic E-state index is 0.626. The van der Waals surface area contributed by atoms with Gasteiger partial charge in [-0.3, -0.25) is 0 Å². The summed E-state index contributed by atoms with van der Waals surface area (Å²) in [6, 6.07) is 74.9. The molecular formula is C53H35N3. The van der Waals surface area contributed by atoms with Gasteiger partial charge >= 0.3 is 0 Å². The highest BCUT2D eigenvalue weighted by Gasteiger charge is 2.16. The third kappa shape index (κ3) is 6.52. The lowest BCUT2D eigenvalue weighted by Gasteiger charge is -2.15.